The van der Waals surface area contributed by atoms with Crippen molar-refractivity contribution < 1.29 is 19.8 Å². The van der Waals surface area contributed by atoms with Gasteiger partial charge in [-0.3, -0.25) is 9.59 Å². The van der Waals surface area contributed by atoms with Gasteiger partial charge in [0, 0.05) is 25.9 Å². The summed E-state index contributed by atoms with van der Waals surface area (Å²) in [5, 5.41) is 26.1. The topological polar surface area (TPSA) is 98.7 Å². The Labute approximate surface area is 286 Å². The molecule has 4 N–H and O–H groups in total. The van der Waals surface area contributed by atoms with Crippen LogP contribution in [0.3, 0.4) is 0 Å². The Morgan fingerprint density at radius 3 is 0.913 bits per heavy atom. The first kappa shape index (κ1) is 44.9. The molecule has 46 heavy (non-hydrogen) atoms. The van der Waals surface area contributed by atoms with Crippen molar-refractivity contribution in [3.63, 3.8) is 0 Å². The molecule has 2 amide bonds. The van der Waals surface area contributed by atoms with Gasteiger partial charge >= 0.3 is 0 Å². The van der Waals surface area contributed by atoms with Crippen molar-refractivity contribution in [3.8, 4) is 0 Å². The van der Waals surface area contributed by atoms with Crippen LogP contribution in [0.25, 0.3) is 0 Å². The van der Waals surface area contributed by atoms with Gasteiger partial charge in [-0.25, -0.2) is 0 Å². The lowest BCUT2D eigenvalue weighted by molar-refractivity contribution is -0.123. The third kappa shape index (κ3) is 35.7. The van der Waals surface area contributed by atoms with E-state index in [2.05, 4.69) is 24.5 Å². The standard InChI is InChI=1S/C40H80N2O4/c1-3-5-7-17-23-29-37(43)31-25-19-13-9-11-15-21-27-33-39(45)41-35-36-42-40(46)34-28-22-16-12-10-14-20-26-32-38(44)30-24-18-8-6-4-2/h37-38,43-44H,3-36H2,1-2H3,(H,41,45)(H,42,46). The first-order chi connectivity index (χ1) is 22.5. The van der Waals surface area contributed by atoms with Crippen LogP contribution in [-0.2, 0) is 9.59 Å². The number of unbranched alkanes of at least 4 members (excludes halogenated alkanes) is 22. The summed E-state index contributed by atoms with van der Waals surface area (Å²) >= 11 is 0. The first-order valence-electron chi connectivity index (χ1n) is 20.4. The van der Waals surface area contributed by atoms with Crippen LogP contribution in [0.4, 0.5) is 0 Å². The molecule has 0 aliphatic rings. The zero-order chi connectivity index (χ0) is 33.8. The van der Waals surface area contributed by atoms with Crippen LogP contribution in [0.15, 0.2) is 0 Å². The number of aliphatic hydroxyl groups is 2. The summed E-state index contributed by atoms with van der Waals surface area (Å²) in [5.41, 5.74) is 0. The van der Waals surface area contributed by atoms with Crippen molar-refractivity contribution >= 4 is 11.8 Å². The molecule has 2 unspecified atom stereocenters. The van der Waals surface area contributed by atoms with E-state index in [-0.39, 0.29) is 24.0 Å². The van der Waals surface area contributed by atoms with Crippen LogP contribution >= 0.6 is 0 Å². The first-order valence-corrected chi connectivity index (χ1v) is 20.4. The van der Waals surface area contributed by atoms with Crippen LogP contribution in [0.5, 0.6) is 0 Å². The lowest BCUT2D eigenvalue weighted by Crippen LogP contribution is -2.34. The number of hydrogen-bond acceptors (Lipinski definition) is 4. The summed E-state index contributed by atoms with van der Waals surface area (Å²) in [6.07, 6.45) is 36.2. The Balaban J connectivity index is 3.35. The van der Waals surface area contributed by atoms with Crippen molar-refractivity contribution in [3.05, 3.63) is 0 Å². The Morgan fingerprint density at radius 2 is 0.630 bits per heavy atom. The van der Waals surface area contributed by atoms with Crippen molar-refractivity contribution in [1.29, 1.82) is 0 Å². The molecule has 0 aliphatic heterocycles. The van der Waals surface area contributed by atoms with Crippen molar-refractivity contribution in [1.82, 2.24) is 10.6 Å². The van der Waals surface area contributed by atoms with Gasteiger partial charge in [0.25, 0.3) is 0 Å². The molecule has 2 atom stereocenters. The predicted octanol–water partition coefficient (Wildman–Crippen LogP) is 10.5. The van der Waals surface area contributed by atoms with Crippen molar-refractivity contribution in [2.24, 2.45) is 0 Å². The number of hydrogen-bond donors (Lipinski definition) is 4. The van der Waals surface area contributed by atoms with Crippen LogP contribution in [0.1, 0.15) is 219 Å². The van der Waals surface area contributed by atoms with Gasteiger partial charge in [0.2, 0.25) is 11.8 Å². The SMILES string of the molecule is CCCCCCCC(O)CCCCCCCCCCC(=O)NCCNC(=O)CCCCCCCCCCC(O)CCCCCCC. The van der Waals surface area contributed by atoms with Gasteiger partial charge in [0.1, 0.15) is 0 Å². The molecule has 0 saturated heterocycles. The highest BCUT2D eigenvalue weighted by Crippen LogP contribution is 2.16. The monoisotopic (exact) mass is 653 g/mol. The Bertz CT molecular complexity index is 591. The van der Waals surface area contributed by atoms with E-state index in [9.17, 15) is 19.8 Å². The zero-order valence-electron chi connectivity index (χ0n) is 30.9. The van der Waals surface area contributed by atoms with Gasteiger partial charge in [-0.2, -0.15) is 0 Å². The second-order valence-corrected chi connectivity index (χ2v) is 14.1. The molecule has 6 nitrogen and oxygen atoms in total. The summed E-state index contributed by atoms with van der Waals surface area (Å²) in [4.78, 5) is 24.1. The molecule has 0 aliphatic carbocycles. The molecule has 0 rings (SSSR count). The van der Waals surface area contributed by atoms with Gasteiger partial charge in [-0.15, -0.1) is 0 Å². The maximum Gasteiger partial charge on any atom is 0.220 e. The maximum atomic E-state index is 12.1. The summed E-state index contributed by atoms with van der Waals surface area (Å²) in [6, 6.07) is 0. The lowest BCUT2D eigenvalue weighted by atomic mass is 10.0. The quantitative estimate of drug-likeness (QED) is 0.0502. The van der Waals surface area contributed by atoms with Crippen LogP contribution in [0.2, 0.25) is 0 Å². The summed E-state index contributed by atoms with van der Waals surface area (Å²) in [6.45, 7) is 5.49. The molecule has 0 radical (unpaired) electrons. The van der Waals surface area contributed by atoms with E-state index in [1.54, 1.807) is 0 Å². The molecule has 274 valence electrons. The normalized spacial score (nSPS) is 12.7. The summed E-state index contributed by atoms with van der Waals surface area (Å²) in [7, 11) is 0. The largest absolute Gasteiger partial charge is 0.393 e. The number of amides is 2. The van der Waals surface area contributed by atoms with Crippen LogP contribution in [0, 0.1) is 0 Å². The average molecular weight is 653 g/mol. The van der Waals surface area contributed by atoms with Gasteiger partial charge in [-0.1, -0.05) is 168 Å². The summed E-state index contributed by atoms with van der Waals surface area (Å²) in [5.74, 6) is 0.180. The lowest BCUT2D eigenvalue weighted by Gasteiger charge is -2.10. The molecule has 0 aromatic heterocycles. The van der Waals surface area contributed by atoms with E-state index >= 15 is 0 Å². The summed E-state index contributed by atoms with van der Waals surface area (Å²) < 4.78 is 0. The third-order valence-electron chi connectivity index (χ3n) is 9.43. The molecular weight excluding hydrogens is 572 g/mol. The Morgan fingerprint density at radius 1 is 0.391 bits per heavy atom. The van der Waals surface area contributed by atoms with E-state index in [4.69, 9.17) is 0 Å². The fourth-order valence-electron chi connectivity index (χ4n) is 6.29. The number of aliphatic hydroxyl groups excluding tert-OH is 2. The molecule has 0 aromatic rings. The van der Waals surface area contributed by atoms with Crippen molar-refractivity contribution in [2.75, 3.05) is 13.1 Å². The van der Waals surface area contributed by atoms with Gasteiger partial charge < -0.3 is 20.8 Å². The molecule has 0 spiro atoms. The Hall–Kier alpha value is -1.14. The van der Waals surface area contributed by atoms with E-state index < -0.39 is 0 Å². The molecule has 0 aromatic carbocycles. The molecule has 6 heteroatoms. The zero-order valence-corrected chi connectivity index (χ0v) is 30.9. The van der Waals surface area contributed by atoms with E-state index in [0.717, 1.165) is 64.2 Å². The number of rotatable bonds is 37. The minimum Gasteiger partial charge on any atom is -0.393 e. The smallest absolute Gasteiger partial charge is 0.220 e. The second kappa shape index (κ2) is 36.7. The van der Waals surface area contributed by atoms with E-state index in [1.807, 2.05) is 0 Å². The molecule has 0 saturated carbocycles. The fraction of sp³-hybridized carbons (Fsp3) is 0.950. The van der Waals surface area contributed by atoms with Gasteiger partial charge in [0.05, 0.1) is 12.2 Å². The molecule has 0 fully saturated rings. The average Bonchev–Trinajstić information content (AvgIpc) is 3.04. The molecule has 0 heterocycles. The van der Waals surface area contributed by atoms with Crippen molar-refractivity contribution in [2.45, 2.75) is 232 Å². The highest BCUT2D eigenvalue weighted by atomic mass is 16.3. The third-order valence-corrected chi connectivity index (χ3v) is 9.43. The van der Waals surface area contributed by atoms with Crippen LogP contribution in [-0.4, -0.2) is 47.3 Å². The molecular formula is C40H80N2O4. The predicted molar refractivity (Wildman–Crippen MR) is 197 cm³/mol. The number of carbonyl (C=O) groups is 2. The van der Waals surface area contributed by atoms with Gasteiger partial charge in [-0.05, 0) is 38.5 Å². The fourth-order valence-corrected chi connectivity index (χ4v) is 6.29. The van der Waals surface area contributed by atoms with E-state index in [1.165, 1.54) is 128 Å². The van der Waals surface area contributed by atoms with E-state index in [0.29, 0.717) is 25.9 Å². The highest BCUT2D eigenvalue weighted by Gasteiger charge is 2.06. The van der Waals surface area contributed by atoms with Crippen LogP contribution < -0.4 is 10.6 Å². The number of nitrogens with one attached hydrogen (secondary N) is 2. The minimum absolute atomic E-state index is 0.0900. The molecule has 0 bridgehead atoms. The maximum absolute atomic E-state index is 12.1. The van der Waals surface area contributed by atoms with Gasteiger partial charge in [0.15, 0.2) is 0 Å². The number of carbonyl (C=O) groups excluding carboxylic acids is 2. The Kier molecular flexibility index (Phi) is 35.8. The highest BCUT2D eigenvalue weighted by molar-refractivity contribution is 5.77. The minimum atomic E-state index is -0.100. The second-order valence-electron chi connectivity index (χ2n) is 14.1.